The summed E-state index contributed by atoms with van der Waals surface area (Å²) in [7, 11) is -3.14. The molecule has 0 aliphatic heterocycles. The number of hydroxylamine groups is 2. The zero-order valence-corrected chi connectivity index (χ0v) is 12.2. The number of hydrogen-bond acceptors (Lipinski definition) is 4. The summed E-state index contributed by atoms with van der Waals surface area (Å²) in [5.41, 5.74) is 0. The van der Waals surface area contributed by atoms with E-state index in [4.69, 9.17) is 4.89 Å². The van der Waals surface area contributed by atoms with Crippen LogP contribution in [0.2, 0.25) is 0 Å². The van der Waals surface area contributed by atoms with Gasteiger partial charge in [-0.05, 0) is 5.92 Å². The summed E-state index contributed by atoms with van der Waals surface area (Å²) >= 11 is 0. The third kappa shape index (κ3) is 13.5. The predicted octanol–water partition coefficient (Wildman–Crippen LogP) is 1.33. The van der Waals surface area contributed by atoms with E-state index in [9.17, 15) is 14.6 Å². The van der Waals surface area contributed by atoms with E-state index in [0.29, 0.717) is 5.06 Å². The topological polar surface area (TPSA) is 89.9 Å². The monoisotopic (exact) mass is 268 g/mol. The molecule has 3 N–H and O–H groups in total. The maximum Gasteiger partial charge on any atom is 0.259 e. The van der Waals surface area contributed by atoms with Crippen molar-refractivity contribution in [2.45, 2.75) is 27.7 Å². The minimum absolute atomic E-state index is 0.131. The highest BCUT2D eigenvalue weighted by atomic mass is 31.2. The summed E-state index contributed by atoms with van der Waals surface area (Å²) < 4.78 is 10.8. The largest absolute Gasteiger partial charge is 0.344 e. The number of carbonyl (C=O) groups is 1. The molecule has 0 heterocycles. The Morgan fingerprint density at radius 1 is 1.41 bits per heavy atom. The summed E-state index contributed by atoms with van der Waals surface area (Å²) in [6.07, 6.45) is -0.131. The molecule has 0 aliphatic rings. The first-order valence-electron chi connectivity index (χ1n) is 5.71. The molecule has 0 aromatic heterocycles. The van der Waals surface area contributed by atoms with E-state index in [1.54, 1.807) is 0 Å². The Kier molecular flexibility index (Phi) is 10.7. The van der Waals surface area contributed by atoms with Gasteiger partial charge in [-0.2, -0.15) is 0 Å². The molecule has 7 heteroatoms. The molecular formula is C10H25N2O4P. The van der Waals surface area contributed by atoms with Crippen LogP contribution >= 0.6 is 7.37 Å². The molecule has 0 radical (unpaired) electrons. The van der Waals surface area contributed by atoms with Gasteiger partial charge in [0.15, 0.2) is 0 Å². The summed E-state index contributed by atoms with van der Waals surface area (Å²) in [5, 5.41) is 12.4. The molecule has 0 rings (SSSR count). The smallest absolute Gasteiger partial charge is 0.259 e. The van der Waals surface area contributed by atoms with E-state index >= 15 is 0 Å². The van der Waals surface area contributed by atoms with Gasteiger partial charge in [0.05, 0.1) is 19.4 Å². The van der Waals surface area contributed by atoms with E-state index in [0.717, 1.165) is 0 Å². The number of carbonyl (C=O) groups excluding carboxylic acids is 1. The SMILES string of the molecule is CC.CC(C)CN(O)C(=O)CNCP(C)(=O)O. The summed E-state index contributed by atoms with van der Waals surface area (Å²) in [4.78, 5) is 20.1. The van der Waals surface area contributed by atoms with Gasteiger partial charge in [-0.25, -0.2) is 5.06 Å². The maximum atomic E-state index is 11.2. The van der Waals surface area contributed by atoms with Crippen molar-refractivity contribution in [3.63, 3.8) is 0 Å². The molecule has 0 saturated heterocycles. The van der Waals surface area contributed by atoms with E-state index in [1.807, 2.05) is 27.7 Å². The first kappa shape index (κ1) is 18.9. The molecule has 0 spiro atoms. The van der Waals surface area contributed by atoms with Gasteiger partial charge >= 0.3 is 0 Å². The average Bonchev–Trinajstić information content (AvgIpc) is 2.17. The van der Waals surface area contributed by atoms with Crippen molar-refractivity contribution >= 4 is 13.3 Å². The summed E-state index contributed by atoms with van der Waals surface area (Å²) in [5.74, 6) is -0.328. The number of nitrogens with one attached hydrogen (secondary N) is 1. The molecule has 104 valence electrons. The third-order valence-electron chi connectivity index (χ3n) is 1.51. The minimum Gasteiger partial charge on any atom is -0.344 e. The molecule has 0 aliphatic carbocycles. The molecular weight excluding hydrogens is 243 g/mol. The Bertz CT molecular complexity index is 253. The minimum atomic E-state index is -3.14. The van der Waals surface area contributed by atoms with Gasteiger partial charge in [-0.15, -0.1) is 0 Å². The lowest BCUT2D eigenvalue weighted by atomic mass is 10.2. The molecule has 0 aromatic rings. The molecule has 0 saturated carbocycles. The standard InChI is InChI=1S/C8H19N2O4P.C2H6/c1-7(2)5-10(12)8(11)4-9-6-15(3,13)14;1-2/h7,9,12H,4-6H2,1-3H3,(H,13,14);1-2H3. The highest BCUT2D eigenvalue weighted by Crippen LogP contribution is 2.32. The molecule has 1 amide bonds. The molecule has 1 atom stereocenters. The Hall–Kier alpha value is -0.420. The van der Waals surface area contributed by atoms with Crippen molar-refractivity contribution in [2.24, 2.45) is 5.92 Å². The van der Waals surface area contributed by atoms with Crippen molar-refractivity contribution in [3.05, 3.63) is 0 Å². The summed E-state index contributed by atoms with van der Waals surface area (Å²) in [6.45, 7) is 9.07. The van der Waals surface area contributed by atoms with Crippen LogP contribution in [0.1, 0.15) is 27.7 Å². The van der Waals surface area contributed by atoms with Crippen molar-refractivity contribution in [1.82, 2.24) is 10.4 Å². The van der Waals surface area contributed by atoms with Gasteiger partial charge in [0.2, 0.25) is 7.37 Å². The van der Waals surface area contributed by atoms with E-state index in [1.165, 1.54) is 6.66 Å². The maximum absolute atomic E-state index is 11.2. The molecule has 1 unspecified atom stereocenters. The van der Waals surface area contributed by atoms with Gasteiger partial charge in [0.25, 0.3) is 5.91 Å². The lowest BCUT2D eigenvalue weighted by Crippen LogP contribution is -2.38. The van der Waals surface area contributed by atoms with Gasteiger partial charge < -0.3 is 4.89 Å². The summed E-state index contributed by atoms with van der Waals surface area (Å²) in [6, 6.07) is 0. The van der Waals surface area contributed by atoms with E-state index in [2.05, 4.69) is 5.32 Å². The van der Waals surface area contributed by atoms with Crippen LogP contribution in [0.4, 0.5) is 0 Å². The fraction of sp³-hybridized carbons (Fsp3) is 0.900. The number of amides is 1. The second-order valence-corrected chi connectivity index (χ2v) is 6.42. The second kappa shape index (κ2) is 9.59. The van der Waals surface area contributed by atoms with Gasteiger partial charge in [0.1, 0.15) is 0 Å². The zero-order valence-electron chi connectivity index (χ0n) is 11.3. The molecule has 0 fully saturated rings. The Morgan fingerprint density at radius 3 is 2.24 bits per heavy atom. The van der Waals surface area contributed by atoms with Gasteiger partial charge in [-0.3, -0.25) is 19.9 Å². The van der Waals surface area contributed by atoms with Crippen LogP contribution in [0, 0.1) is 5.92 Å². The average molecular weight is 268 g/mol. The lowest BCUT2D eigenvalue weighted by molar-refractivity contribution is -0.166. The normalized spacial score (nSPS) is 13.6. The van der Waals surface area contributed by atoms with Crippen LogP contribution in [-0.2, 0) is 9.36 Å². The van der Waals surface area contributed by atoms with E-state index < -0.39 is 13.3 Å². The van der Waals surface area contributed by atoms with Crippen LogP contribution in [0.5, 0.6) is 0 Å². The highest BCUT2D eigenvalue weighted by Gasteiger charge is 2.14. The first-order valence-corrected chi connectivity index (χ1v) is 8.01. The third-order valence-corrected chi connectivity index (χ3v) is 2.32. The quantitative estimate of drug-likeness (QED) is 0.384. The van der Waals surface area contributed by atoms with Crippen molar-refractivity contribution in [1.29, 1.82) is 0 Å². The van der Waals surface area contributed by atoms with Crippen LogP contribution in [-0.4, -0.2) is 47.1 Å². The molecule has 0 aromatic carbocycles. The van der Waals surface area contributed by atoms with Gasteiger partial charge in [0, 0.05) is 6.66 Å². The van der Waals surface area contributed by atoms with Crippen LogP contribution in [0.15, 0.2) is 0 Å². The van der Waals surface area contributed by atoms with Crippen LogP contribution in [0.3, 0.4) is 0 Å². The van der Waals surface area contributed by atoms with Crippen molar-refractivity contribution in [3.8, 4) is 0 Å². The van der Waals surface area contributed by atoms with Crippen molar-refractivity contribution in [2.75, 3.05) is 26.0 Å². The number of rotatable bonds is 6. The van der Waals surface area contributed by atoms with Crippen molar-refractivity contribution < 1.29 is 19.5 Å². The first-order chi connectivity index (χ1) is 7.72. The van der Waals surface area contributed by atoms with Crippen LogP contribution < -0.4 is 5.32 Å². The Labute approximate surface area is 103 Å². The number of nitrogens with zero attached hydrogens (tertiary/aromatic N) is 1. The fourth-order valence-corrected chi connectivity index (χ4v) is 1.44. The predicted molar refractivity (Wildman–Crippen MR) is 68.3 cm³/mol. The van der Waals surface area contributed by atoms with Gasteiger partial charge in [-0.1, -0.05) is 27.7 Å². The Balaban J connectivity index is 0. The molecule has 0 bridgehead atoms. The Morgan fingerprint density at radius 2 is 1.88 bits per heavy atom. The van der Waals surface area contributed by atoms with Crippen LogP contribution in [0.25, 0.3) is 0 Å². The molecule has 17 heavy (non-hydrogen) atoms. The second-order valence-electron chi connectivity index (χ2n) is 4.01. The van der Waals surface area contributed by atoms with E-state index in [-0.39, 0.29) is 25.3 Å². The molecule has 6 nitrogen and oxygen atoms in total. The lowest BCUT2D eigenvalue weighted by Gasteiger charge is -2.17. The fourth-order valence-electron chi connectivity index (χ4n) is 0.909. The zero-order chi connectivity index (χ0) is 14.1. The highest BCUT2D eigenvalue weighted by molar-refractivity contribution is 7.57. The number of hydrogen-bond donors (Lipinski definition) is 3.